The lowest BCUT2D eigenvalue weighted by atomic mass is 10.2. The molecule has 0 radical (unpaired) electrons. The first-order valence-corrected chi connectivity index (χ1v) is 7.35. The summed E-state index contributed by atoms with van der Waals surface area (Å²) in [7, 11) is 0. The predicted octanol–water partition coefficient (Wildman–Crippen LogP) is 3.49. The molecule has 0 atom stereocenters. The van der Waals surface area contributed by atoms with Crippen LogP contribution in [0.2, 0.25) is 0 Å². The van der Waals surface area contributed by atoms with Crippen LogP contribution in [0.15, 0.2) is 42.5 Å². The molecule has 5 heteroatoms. The van der Waals surface area contributed by atoms with Crippen molar-refractivity contribution in [2.24, 2.45) is 0 Å². The van der Waals surface area contributed by atoms with Crippen LogP contribution in [0.1, 0.15) is 11.1 Å². The van der Waals surface area contributed by atoms with Gasteiger partial charge in [0, 0.05) is 9.26 Å². The number of ether oxygens (including phenoxy) is 1. The Bertz CT molecular complexity index is 690. The Kier molecular flexibility index (Phi) is 5.17. The molecule has 0 saturated heterocycles. The van der Waals surface area contributed by atoms with Gasteiger partial charge < -0.3 is 10.1 Å². The molecule has 0 bridgehead atoms. The fraction of sp³-hybridized carbons (Fsp3) is 0.125. The average Bonchev–Trinajstić information content (AvgIpc) is 2.48. The predicted molar refractivity (Wildman–Crippen MR) is 89.2 cm³/mol. The van der Waals surface area contributed by atoms with E-state index in [0.29, 0.717) is 11.3 Å². The number of amides is 1. The second-order valence-electron chi connectivity index (χ2n) is 4.43. The van der Waals surface area contributed by atoms with E-state index in [1.165, 1.54) is 0 Å². The molecule has 0 aromatic heterocycles. The van der Waals surface area contributed by atoms with Crippen molar-refractivity contribution in [1.82, 2.24) is 0 Å². The van der Waals surface area contributed by atoms with Gasteiger partial charge in [-0.1, -0.05) is 0 Å². The van der Waals surface area contributed by atoms with Crippen molar-refractivity contribution in [3.63, 3.8) is 0 Å². The largest absolute Gasteiger partial charge is 0.484 e. The van der Waals surface area contributed by atoms with E-state index in [9.17, 15) is 4.79 Å². The second-order valence-corrected chi connectivity index (χ2v) is 5.68. The number of nitrogens with zero attached hydrogens (tertiary/aromatic N) is 1. The van der Waals surface area contributed by atoms with E-state index in [2.05, 4.69) is 27.9 Å². The lowest BCUT2D eigenvalue weighted by Gasteiger charge is -2.10. The molecule has 0 spiro atoms. The van der Waals surface area contributed by atoms with E-state index < -0.39 is 0 Å². The molecular formula is C16H13IN2O2. The summed E-state index contributed by atoms with van der Waals surface area (Å²) in [5.41, 5.74) is 2.35. The number of hydrogen-bond donors (Lipinski definition) is 1. The highest BCUT2D eigenvalue weighted by Gasteiger charge is 2.06. The first-order chi connectivity index (χ1) is 10.1. The molecule has 1 N–H and O–H groups in total. The maximum Gasteiger partial charge on any atom is 0.262 e. The summed E-state index contributed by atoms with van der Waals surface area (Å²) in [5.74, 6) is 0.340. The topological polar surface area (TPSA) is 62.1 Å². The van der Waals surface area contributed by atoms with Crippen LogP contribution < -0.4 is 10.1 Å². The van der Waals surface area contributed by atoms with Crippen molar-refractivity contribution < 1.29 is 9.53 Å². The zero-order chi connectivity index (χ0) is 15.2. The molecule has 0 aliphatic carbocycles. The second kappa shape index (κ2) is 7.09. The SMILES string of the molecule is Cc1cc(I)ccc1NC(=O)COc1ccc(C#N)cc1. The Hall–Kier alpha value is -2.07. The highest BCUT2D eigenvalue weighted by molar-refractivity contribution is 14.1. The summed E-state index contributed by atoms with van der Waals surface area (Å²) in [6.07, 6.45) is 0. The molecule has 2 aromatic rings. The summed E-state index contributed by atoms with van der Waals surface area (Å²) in [6.45, 7) is 1.87. The van der Waals surface area contributed by atoms with Crippen molar-refractivity contribution in [2.75, 3.05) is 11.9 Å². The maximum absolute atomic E-state index is 11.9. The number of carbonyl (C=O) groups excluding carboxylic acids is 1. The van der Waals surface area contributed by atoms with Gasteiger partial charge in [0.25, 0.3) is 5.91 Å². The molecule has 0 fully saturated rings. The number of halogens is 1. The standard InChI is InChI=1S/C16H13IN2O2/c1-11-8-13(17)4-7-15(11)19-16(20)10-21-14-5-2-12(9-18)3-6-14/h2-8H,10H2,1H3,(H,19,20). The minimum absolute atomic E-state index is 0.0721. The number of aryl methyl sites for hydroxylation is 1. The summed E-state index contributed by atoms with van der Waals surface area (Å²) in [4.78, 5) is 11.9. The molecule has 21 heavy (non-hydrogen) atoms. The maximum atomic E-state index is 11.9. The first-order valence-electron chi connectivity index (χ1n) is 6.27. The van der Waals surface area contributed by atoms with Crippen molar-refractivity contribution in [2.45, 2.75) is 6.92 Å². The van der Waals surface area contributed by atoms with Gasteiger partial charge in [0.15, 0.2) is 6.61 Å². The zero-order valence-electron chi connectivity index (χ0n) is 11.4. The van der Waals surface area contributed by atoms with Gasteiger partial charge in [-0.25, -0.2) is 0 Å². The smallest absolute Gasteiger partial charge is 0.262 e. The van der Waals surface area contributed by atoms with Crippen molar-refractivity contribution in [3.8, 4) is 11.8 Å². The Morgan fingerprint density at radius 3 is 2.62 bits per heavy atom. The van der Waals surface area contributed by atoms with E-state index in [1.54, 1.807) is 24.3 Å². The number of hydrogen-bond acceptors (Lipinski definition) is 3. The van der Waals surface area contributed by atoms with Crippen LogP contribution in [0.5, 0.6) is 5.75 Å². The summed E-state index contributed by atoms with van der Waals surface area (Å²) < 4.78 is 6.50. The monoisotopic (exact) mass is 392 g/mol. The van der Waals surface area contributed by atoms with Gasteiger partial charge in [0.1, 0.15) is 5.75 Å². The molecule has 0 aliphatic heterocycles. The number of nitrogens with one attached hydrogen (secondary N) is 1. The molecule has 1 amide bonds. The minimum atomic E-state index is -0.219. The molecule has 0 unspecified atom stereocenters. The lowest BCUT2D eigenvalue weighted by molar-refractivity contribution is -0.118. The Morgan fingerprint density at radius 2 is 2.00 bits per heavy atom. The van der Waals surface area contributed by atoms with Crippen molar-refractivity contribution in [3.05, 3.63) is 57.2 Å². The van der Waals surface area contributed by atoms with Gasteiger partial charge in [-0.05, 0) is 77.5 Å². The number of anilines is 1. The normalized spacial score (nSPS) is 9.76. The van der Waals surface area contributed by atoms with Gasteiger partial charge in [0.05, 0.1) is 11.6 Å². The van der Waals surface area contributed by atoms with Crippen molar-refractivity contribution >= 4 is 34.2 Å². The van der Waals surface area contributed by atoms with Gasteiger partial charge in [0.2, 0.25) is 0 Å². The number of carbonyl (C=O) groups is 1. The van der Waals surface area contributed by atoms with Crippen LogP contribution in [-0.4, -0.2) is 12.5 Å². The zero-order valence-corrected chi connectivity index (χ0v) is 13.5. The highest BCUT2D eigenvalue weighted by atomic mass is 127. The third kappa shape index (κ3) is 4.46. The van der Waals surface area contributed by atoms with Crippen LogP contribution >= 0.6 is 22.6 Å². The first kappa shape index (κ1) is 15.3. The fourth-order valence-electron chi connectivity index (χ4n) is 1.73. The summed E-state index contributed by atoms with van der Waals surface area (Å²) in [5, 5.41) is 11.5. The van der Waals surface area contributed by atoms with Crippen LogP contribution in [0.3, 0.4) is 0 Å². The Morgan fingerprint density at radius 1 is 1.29 bits per heavy atom. The summed E-state index contributed by atoms with van der Waals surface area (Å²) >= 11 is 2.23. The van der Waals surface area contributed by atoms with Crippen LogP contribution in [-0.2, 0) is 4.79 Å². The van der Waals surface area contributed by atoms with Crippen LogP contribution in [0.4, 0.5) is 5.69 Å². The molecule has 0 heterocycles. The number of benzene rings is 2. The van der Waals surface area contributed by atoms with Gasteiger partial charge in [-0.2, -0.15) is 5.26 Å². The van der Waals surface area contributed by atoms with Gasteiger partial charge in [-0.3, -0.25) is 4.79 Å². The third-order valence-electron chi connectivity index (χ3n) is 2.82. The van der Waals surface area contributed by atoms with Gasteiger partial charge >= 0.3 is 0 Å². The molecule has 2 rings (SSSR count). The minimum Gasteiger partial charge on any atom is -0.484 e. The van der Waals surface area contributed by atoms with Crippen molar-refractivity contribution in [1.29, 1.82) is 5.26 Å². The molecule has 106 valence electrons. The van der Waals surface area contributed by atoms with E-state index in [-0.39, 0.29) is 12.5 Å². The molecule has 0 saturated carbocycles. The molecular weight excluding hydrogens is 379 g/mol. The quantitative estimate of drug-likeness (QED) is 0.811. The van der Waals surface area contributed by atoms with E-state index >= 15 is 0 Å². The van der Waals surface area contributed by atoms with E-state index in [1.807, 2.05) is 31.2 Å². The number of rotatable bonds is 4. The average molecular weight is 392 g/mol. The van der Waals surface area contributed by atoms with Crippen LogP contribution in [0.25, 0.3) is 0 Å². The summed E-state index contributed by atoms with van der Waals surface area (Å²) in [6, 6.07) is 14.5. The lowest BCUT2D eigenvalue weighted by Crippen LogP contribution is -2.20. The van der Waals surface area contributed by atoms with Crippen LogP contribution in [0, 0.1) is 21.8 Å². The van der Waals surface area contributed by atoms with E-state index in [0.717, 1.165) is 14.8 Å². The highest BCUT2D eigenvalue weighted by Crippen LogP contribution is 2.18. The Balaban J connectivity index is 1.91. The fourth-order valence-corrected chi connectivity index (χ4v) is 2.38. The molecule has 0 aliphatic rings. The van der Waals surface area contributed by atoms with E-state index in [4.69, 9.17) is 10.00 Å². The Labute approximate surface area is 136 Å². The third-order valence-corrected chi connectivity index (χ3v) is 3.49. The molecule has 4 nitrogen and oxygen atoms in total. The van der Waals surface area contributed by atoms with Gasteiger partial charge in [-0.15, -0.1) is 0 Å². The number of nitriles is 1. The molecule has 2 aromatic carbocycles.